The van der Waals surface area contributed by atoms with Crippen molar-refractivity contribution >= 4 is 17.5 Å². The first-order valence-corrected chi connectivity index (χ1v) is 11.5. The largest absolute Gasteiger partial charge is 0.493 e. The fourth-order valence-corrected chi connectivity index (χ4v) is 5.07. The van der Waals surface area contributed by atoms with Crippen molar-refractivity contribution in [1.82, 2.24) is 5.32 Å². The van der Waals surface area contributed by atoms with Crippen molar-refractivity contribution in [3.63, 3.8) is 0 Å². The highest BCUT2D eigenvalue weighted by atomic mass is 16.5. The molecule has 0 saturated heterocycles. The van der Waals surface area contributed by atoms with E-state index in [-0.39, 0.29) is 23.7 Å². The summed E-state index contributed by atoms with van der Waals surface area (Å²) in [4.78, 5) is 28.6. The number of nitrogens with one attached hydrogen (secondary N) is 1. The van der Waals surface area contributed by atoms with E-state index in [4.69, 9.17) is 14.2 Å². The van der Waals surface area contributed by atoms with Gasteiger partial charge >= 0.3 is 0 Å². The first kappa shape index (κ1) is 23.0. The minimum atomic E-state index is -0.318. The molecule has 1 saturated carbocycles. The molecule has 176 valence electrons. The maximum Gasteiger partial charge on any atom is 0.230 e. The third kappa shape index (κ3) is 4.63. The molecule has 0 bridgehead atoms. The summed E-state index contributed by atoms with van der Waals surface area (Å²) >= 11 is 0. The van der Waals surface area contributed by atoms with Gasteiger partial charge in [0, 0.05) is 24.7 Å². The number of fused-ring (bicyclic) bond motifs is 1. The smallest absolute Gasteiger partial charge is 0.230 e. The minimum Gasteiger partial charge on any atom is -0.493 e. The van der Waals surface area contributed by atoms with Crippen LogP contribution in [0.5, 0.6) is 17.2 Å². The van der Waals surface area contributed by atoms with Crippen molar-refractivity contribution in [3.05, 3.63) is 47.5 Å². The molecule has 33 heavy (non-hydrogen) atoms. The van der Waals surface area contributed by atoms with Crippen molar-refractivity contribution in [3.8, 4) is 17.2 Å². The van der Waals surface area contributed by atoms with Crippen LogP contribution in [-0.2, 0) is 22.6 Å². The average molecular weight is 453 g/mol. The monoisotopic (exact) mass is 452 g/mol. The van der Waals surface area contributed by atoms with E-state index in [2.05, 4.69) is 11.4 Å². The molecular formula is C26H32N2O5. The molecule has 2 atom stereocenters. The number of methoxy groups -OCH3 is 3. The Morgan fingerprint density at radius 3 is 2.30 bits per heavy atom. The Morgan fingerprint density at radius 1 is 0.970 bits per heavy atom. The number of carbonyl (C=O) groups is 2. The van der Waals surface area contributed by atoms with Crippen LogP contribution in [0.25, 0.3) is 0 Å². The van der Waals surface area contributed by atoms with Crippen LogP contribution in [0.3, 0.4) is 0 Å². The normalized spacial score (nSPS) is 19.5. The van der Waals surface area contributed by atoms with Gasteiger partial charge in [0.1, 0.15) is 0 Å². The van der Waals surface area contributed by atoms with E-state index in [9.17, 15) is 9.59 Å². The number of amides is 2. The molecule has 1 N–H and O–H groups in total. The molecule has 2 aromatic rings. The minimum absolute atomic E-state index is 0.0747. The van der Waals surface area contributed by atoms with Gasteiger partial charge in [-0.3, -0.25) is 9.59 Å². The highest BCUT2D eigenvalue weighted by Gasteiger charge is 2.39. The SMILES string of the molecule is COc1cc(CNC(=O)C2CCCCC2C(=O)N2CCc3ccccc32)cc(OC)c1OC. The van der Waals surface area contributed by atoms with E-state index >= 15 is 0 Å². The number of rotatable bonds is 7. The summed E-state index contributed by atoms with van der Waals surface area (Å²) in [5.41, 5.74) is 3.03. The molecule has 1 aliphatic carbocycles. The van der Waals surface area contributed by atoms with Crippen LogP contribution in [0.4, 0.5) is 5.69 Å². The molecule has 7 heteroatoms. The van der Waals surface area contributed by atoms with Gasteiger partial charge in [-0.05, 0) is 48.6 Å². The average Bonchev–Trinajstić information content (AvgIpc) is 3.30. The molecule has 2 unspecified atom stereocenters. The molecule has 2 aromatic carbocycles. The number of benzene rings is 2. The van der Waals surface area contributed by atoms with Crippen molar-refractivity contribution in [2.24, 2.45) is 11.8 Å². The summed E-state index contributed by atoms with van der Waals surface area (Å²) in [5.74, 6) is 0.991. The number of hydrogen-bond donors (Lipinski definition) is 1. The second-order valence-corrected chi connectivity index (χ2v) is 8.62. The molecule has 2 aliphatic rings. The van der Waals surface area contributed by atoms with Crippen LogP contribution in [0, 0.1) is 11.8 Å². The zero-order valence-corrected chi connectivity index (χ0v) is 19.6. The zero-order valence-electron chi connectivity index (χ0n) is 19.6. The van der Waals surface area contributed by atoms with Gasteiger partial charge in [0.15, 0.2) is 11.5 Å². The van der Waals surface area contributed by atoms with Crippen molar-refractivity contribution in [2.75, 3.05) is 32.8 Å². The molecule has 0 aromatic heterocycles. The molecular weight excluding hydrogens is 420 g/mol. The van der Waals surface area contributed by atoms with Crippen LogP contribution < -0.4 is 24.4 Å². The molecule has 0 radical (unpaired) electrons. The van der Waals surface area contributed by atoms with Gasteiger partial charge < -0.3 is 24.4 Å². The fraction of sp³-hybridized carbons (Fsp3) is 0.462. The molecule has 7 nitrogen and oxygen atoms in total. The lowest BCUT2D eigenvalue weighted by molar-refractivity contribution is -0.135. The Labute approximate surface area is 195 Å². The zero-order chi connectivity index (χ0) is 23.4. The molecule has 1 heterocycles. The molecule has 1 aliphatic heterocycles. The van der Waals surface area contributed by atoms with Gasteiger partial charge in [0.25, 0.3) is 0 Å². The summed E-state index contributed by atoms with van der Waals surface area (Å²) in [6.45, 7) is 1.01. The van der Waals surface area contributed by atoms with Gasteiger partial charge in [-0.2, -0.15) is 0 Å². The van der Waals surface area contributed by atoms with E-state index in [0.29, 0.717) is 30.3 Å². The first-order valence-electron chi connectivity index (χ1n) is 11.5. The summed E-state index contributed by atoms with van der Waals surface area (Å²) < 4.78 is 16.2. The predicted molar refractivity (Wildman–Crippen MR) is 126 cm³/mol. The highest BCUT2D eigenvalue weighted by Crippen LogP contribution is 2.39. The van der Waals surface area contributed by atoms with Gasteiger partial charge in [-0.1, -0.05) is 31.0 Å². The maximum atomic E-state index is 13.5. The predicted octanol–water partition coefficient (Wildman–Crippen LogP) is 3.72. The van der Waals surface area contributed by atoms with E-state index in [0.717, 1.165) is 43.4 Å². The number of para-hydroxylation sites is 1. The summed E-state index contributed by atoms with van der Waals surface area (Å²) in [5, 5.41) is 3.04. The van der Waals surface area contributed by atoms with Crippen molar-refractivity contribution in [1.29, 1.82) is 0 Å². The second-order valence-electron chi connectivity index (χ2n) is 8.62. The van der Waals surface area contributed by atoms with Gasteiger partial charge in [0.2, 0.25) is 17.6 Å². The Hall–Kier alpha value is -3.22. The third-order valence-corrected chi connectivity index (χ3v) is 6.76. The summed E-state index contributed by atoms with van der Waals surface area (Å²) in [6, 6.07) is 11.7. The number of nitrogens with zero attached hydrogens (tertiary/aromatic N) is 1. The van der Waals surface area contributed by atoms with Crippen LogP contribution >= 0.6 is 0 Å². The first-order chi connectivity index (χ1) is 16.1. The molecule has 0 spiro atoms. The third-order valence-electron chi connectivity index (χ3n) is 6.76. The Kier molecular flexibility index (Phi) is 7.06. The summed E-state index contributed by atoms with van der Waals surface area (Å²) in [7, 11) is 4.68. The van der Waals surface area contributed by atoms with Crippen LogP contribution in [0.2, 0.25) is 0 Å². The number of carbonyl (C=O) groups excluding carboxylic acids is 2. The molecule has 2 amide bonds. The van der Waals surface area contributed by atoms with Gasteiger partial charge in [-0.25, -0.2) is 0 Å². The highest BCUT2D eigenvalue weighted by molar-refractivity contribution is 5.99. The summed E-state index contributed by atoms with van der Waals surface area (Å²) in [6.07, 6.45) is 4.28. The Balaban J connectivity index is 1.47. The van der Waals surface area contributed by atoms with Crippen LogP contribution in [-0.4, -0.2) is 39.7 Å². The van der Waals surface area contributed by atoms with Gasteiger partial charge in [-0.15, -0.1) is 0 Å². The molecule has 1 fully saturated rings. The topological polar surface area (TPSA) is 77.1 Å². The van der Waals surface area contributed by atoms with Gasteiger partial charge in [0.05, 0.1) is 27.2 Å². The Morgan fingerprint density at radius 2 is 1.64 bits per heavy atom. The van der Waals surface area contributed by atoms with E-state index in [1.807, 2.05) is 35.2 Å². The van der Waals surface area contributed by atoms with E-state index in [1.165, 1.54) is 5.56 Å². The number of hydrogen-bond acceptors (Lipinski definition) is 5. The number of ether oxygens (including phenoxy) is 3. The second kappa shape index (κ2) is 10.1. The number of anilines is 1. The molecule has 4 rings (SSSR count). The lowest BCUT2D eigenvalue weighted by atomic mass is 9.77. The standard InChI is InChI=1S/C26H32N2O5/c1-31-22-14-17(15-23(32-2)24(22)33-3)16-27-25(29)19-9-5-6-10-20(19)26(30)28-13-12-18-8-4-7-11-21(18)28/h4,7-8,11,14-15,19-20H,5-6,9-10,12-13,16H2,1-3H3,(H,27,29). The lowest BCUT2D eigenvalue weighted by Gasteiger charge is -2.32. The van der Waals surface area contributed by atoms with E-state index in [1.54, 1.807) is 21.3 Å². The van der Waals surface area contributed by atoms with E-state index < -0.39 is 0 Å². The van der Waals surface area contributed by atoms with Crippen LogP contribution in [0.15, 0.2) is 36.4 Å². The van der Waals surface area contributed by atoms with Crippen molar-refractivity contribution in [2.45, 2.75) is 38.6 Å². The fourth-order valence-electron chi connectivity index (χ4n) is 5.07. The van der Waals surface area contributed by atoms with Crippen molar-refractivity contribution < 1.29 is 23.8 Å². The Bertz CT molecular complexity index is 996. The quantitative estimate of drug-likeness (QED) is 0.693. The lowest BCUT2D eigenvalue weighted by Crippen LogP contribution is -2.45. The maximum absolute atomic E-state index is 13.5. The van der Waals surface area contributed by atoms with Crippen LogP contribution in [0.1, 0.15) is 36.8 Å².